The van der Waals surface area contributed by atoms with E-state index in [1.807, 2.05) is 13.8 Å². The second-order valence-electron chi connectivity index (χ2n) is 8.10. The molecule has 1 aromatic heterocycles. The number of anilines is 1. The molecule has 1 heterocycles. The molecule has 31 heavy (non-hydrogen) atoms. The van der Waals surface area contributed by atoms with Gasteiger partial charge in [-0.15, -0.1) is 0 Å². The molecule has 1 atom stereocenters. The zero-order valence-corrected chi connectivity index (χ0v) is 19.5. The molecule has 0 fully saturated rings. The van der Waals surface area contributed by atoms with Crippen LogP contribution in [0.3, 0.4) is 0 Å². The van der Waals surface area contributed by atoms with Crippen LogP contribution in [-0.4, -0.2) is 35.7 Å². The summed E-state index contributed by atoms with van der Waals surface area (Å²) in [7, 11) is 1.72. The van der Waals surface area contributed by atoms with Crippen LogP contribution in [0.4, 0.5) is 5.82 Å². The molecule has 0 spiro atoms. The van der Waals surface area contributed by atoms with Crippen LogP contribution in [0.15, 0.2) is 12.1 Å². The number of nitrogens with zero attached hydrogens (tertiary/aromatic N) is 2. The van der Waals surface area contributed by atoms with Gasteiger partial charge in [0, 0.05) is 11.6 Å². The van der Waals surface area contributed by atoms with Crippen LogP contribution in [0, 0.1) is 0 Å². The molecule has 1 aliphatic carbocycles. The molecule has 6 nitrogen and oxygen atoms in total. The fourth-order valence-corrected chi connectivity index (χ4v) is 4.20. The van der Waals surface area contributed by atoms with Crippen LogP contribution in [0.5, 0.6) is 5.75 Å². The number of ether oxygens (including phenoxy) is 2. The summed E-state index contributed by atoms with van der Waals surface area (Å²) in [5.41, 5.74) is 6.52. The standard InChI is InChI=1S/C25H35N3O3/c1-6-20-24(19-14-17-11-9-10-12-18(17)15-22(19)30-5)27-21(7-2)25(28-20)26-16(4)13-23(29)31-8-3/h14-16H,6-13H2,1-5H3,(H,26,28). The fourth-order valence-electron chi connectivity index (χ4n) is 4.20. The molecule has 6 heteroatoms. The van der Waals surface area contributed by atoms with E-state index in [0.717, 1.165) is 59.9 Å². The van der Waals surface area contributed by atoms with Gasteiger partial charge < -0.3 is 14.8 Å². The second kappa shape index (κ2) is 10.6. The van der Waals surface area contributed by atoms with Gasteiger partial charge in [0.25, 0.3) is 0 Å². The molecule has 0 saturated carbocycles. The minimum atomic E-state index is -0.209. The van der Waals surface area contributed by atoms with Crippen molar-refractivity contribution in [1.82, 2.24) is 9.97 Å². The van der Waals surface area contributed by atoms with Gasteiger partial charge in [0.1, 0.15) is 11.6 Å². The Labute approximate surface area is 185 Å². The first kappa shape index (κ1) is 23.0. The van der Waals surface area contributed by atoms with Crippen LogP contribution in [-0.2, 0) is 35.2 Å². The number of carbonyl (C=O) groups is 1. The number of hydrogen-bond donors (Lipinski definition) is 1. The number of carbonyl (C=O) groups excluding carboxylic acids is 1. The van der Waals surface area contributed by atoms with E-state index in [1.54, 1.807) is 7.11 Å². The topological polar surface area (TPSA) is 73.3 Å². The molecule has 0 amide bonds. The Balaban J connectivity index is 1.98. The minimum Gasteiger partial charge on any atom is -0.496 e. The van der Waals surface area contributed by atoms with E-state index in [4.69, 9.17) is 19.4 Å². The van der Waals surface area contributed by atoms with Gasteiger partial charge in [-0.25, -0.2) is 9.97 Å². The molecule has 1 aliphatic rings. The smallest absolute Gasteiger partial charge is 0.307 e. The zero-order chi connectivity index (χ0) is 22.4. The summed E-state index contributed by atoms with van der Waals surface area (Å²) >= 11 is 0. The van der Waals surface area contributed by atoms with Gasteiger partial charge in [0.2, 0.25) is 0 Å². The van der Waals surface area contributed by atoms with Gasteiger partial charge in [-0.3, -0.25) is 4.79 Å². The number of benzene rings is 1. The molecule has 1 unspecified atom stereocenters. The molecular weight excluding hydrogens is 390 g/mol. The maximum atomic E-state index is 11.8. The predicted octanol–water partition coefficient (Wildman–Crippen LogP) is 4.91. The van der Waals surface area contributed by atoms with Crippen LogP contribution in [0.2, 0.25) is 0 Å². The molecule has 0 saturated heterocycles. The Morgan fingerprint density at radius 3 is 2.35 bits per heavy atom. The molecule has 3 rings (SSSR count). The van der Waals surface area contributed by atoms with Crippen molar-refractivity contribution in [3.63, 3.8) is 0 Å². The van der Waals surface area contributed by atoms with E-state index >= 15 is 0 Å². The normalized spacial score (nSPS) is 14.0. The summed E-state index contributed by atoms with van der Waals surface area (Å²) in [6.45, 7) is 8.34. The van der Waals surface area contributed by atoms with E-state index in [2.05, 4.69) is 31.3 Å². The van der Waals surface area contributed by atoms with Gasteiger partial charge in [0.15, 0.2) is 0 Å². The first-order valence-electron chi connectivity index (χ1n) is 11.5. The lowest BCUT2D eigenvalue weighted by Crippen LogP contribution is -2.23. The molecule has 0 radical (unpaired) electrons. The summed E-state index contributed by atoms with van der Waals surface area (Å²) in [6, 6.07) is 4.35. The van der Waals surface area contributed by atoms with Gasteiger partial charge in [-0.05, 0) is 75.6 Å². The average molecular weight is 426 g/mol. The van der Waals surface area contributed by atoms with Crippen molar-refractivity contribution in [2.24, 2.45) is 0 Å². The van der Waals surface area contributed by atoms with Gasteiger partial charge in [-0.2, -0.15) is 0 Å². The number of fused-ring (bicyclic) bond motifs is 1. The van der Waals surface area contributed by atoms with Crippen molar-refractivity contribution in [2.75, 3.05) is 19.0 Å². The number of esters is 1. The Morgan fingerprint density at radius 2 is 1.74 bits per heavy atom. The molecule has 0 aliphatic heterocycles. The number of hydrogen-bond acceptors (Lipinski definition) is 6. The van der Waals surface area contributed by atoms with Crippen LogP contribution >= 0.6 is 0 Å². The largest absolute Gasteiger partial charge is 0.496 e. The van der Waals surface area contributed by atoms with Gasteiger partial charge in [-0.1, -0.05) is 13.8 Å². The quantitative estimate of drug-likeness (QED) is 0.576. The number of methoxy groups -OCH3 is 1. The van der Waals surface area contributed by atoms with E-state index in [1.165, 1.54) is 24.0 Å². The monoisotopic (exact) mass is 425 g/mol. The Kier molecular flexibility index (Phi) is 7.88. The number of rotatable bonds is 9. The van der Waals surface area contributed by atoms with E-state index in [0.29, 0.717) is 13.0 Å². The molecule has 1 N–H and O–H groups in total. The highest BCUT2D eigenvalue weighted by atomic mass is 16.5. The first-order valence-corrected chi connectivity index (χ1v) is 11.5. The highest BCUT2D eigenvalue weighted by molar-refractivity contribution is 5.73. The Bertz CT molecular complexity index is 927. The van der Waals surface area contributed by atoms with Crippen molar-refractivity contribution in [3.8, 4) is 17.0 Å². The molecule has 2 aromatic rings. The summed E-state index contributed by atoms with van der Waals surface area (Å²) in [5.74, 6) is 1.40. The van der Waals surface area contributed by atoms with Crippen molar-refractivity contribution in [1.29, 1.82) is 0 Å². The van der Waals surface area contributed by atoms with Crippen molar-refractivity contribution >= 4 is 11.8 Å². The lowest BCUT2D eigenvalue weighted by molar-refractivity contribution is -0.143. The maximum absolute atomic E-state index is 11.8. The Morgan fingerprint density at radius 1 is 1.06 bits per heavy atom. The maximum Gasteiger partial charge on any atom is 0.307 e. The zero-order valence-electron chi connectivity index (χ0n) is 19.5. The van der Waals surface area contributed by atoms with E-state index in [9.17, 15) is 4.79 Å². The molecule has 1 aromatic carbocycles. The van der Waals surface area contributed by atoms with Gasteiger partial charge in [0.05, 0.1) is 37.2 Å². The fraction of sp³-hybridized carbons (Fsp3) is 0.560. The van der Waals surface area contributed by atoms with Crippen molar-refractivity contribution < 1.29 is 14.3 Å². The number of aromatic nitrogens is 2. The summed E-state index contributed by atoms with van der Waals surface area (Å²) in [6.07, 6.45) is 6.47. The third-order valence-electron chi connectivity index (χ3n) is 5.79. The minimum absolute atomic E-state index is 0.0903. The average Bonchev–Trinajstić information content (AvgIpc) is 2.77. The van der Waals surface area contributed by atoms with Crippen molar-refractivity contribution in [2.45, 2.75) is 78.7 Å². The van der Waals surface area contributed by atoms with Crippen LogP contribution in [0.25, 0.3) is 11.3 Å². The van der Waals surface area contributed by atoms with Crippen molar-refractivity contribution in [3.05, 3.63) is 34.6 Å². The third-order valence-corrected chi connectivity index (χ3v) is 5.79. The van der Waals surface area contributed by atoms with Crippen LogP contribution < -0.4 is 10.1 Å². The van der Waals surface area contributed by atoms with Gasteiger partial charge >= 0.3 is 5.97 Å². The summed E-state index contributed by atoms with van der Waals surface area (Å²) in [5, 5.41) is 3.38. The second-order valence-corrected chi connectivity index (χ2v) is 8.10. The number of aryl methyl sites for hydroxylation is 4. The summed E-state index contributed by atoms with van der Waals surface area (Å²) < 4.78 is 10.8. The molecular formula is C25H35N3O3. The van der Waals surface area contributed by atoms with E-state index in [-0.39, 0.29) is 12.0 Å². The lowest BCUT2D eigenvalue weighted by Gasteiger charge is -2.21. The SMILES string of the molecule is CCOC(=O)CC(C)Nc1nc(CC)c(-c2cc3c(cc2OC)CCCC3)nc1CC. The lowest BCUT2D eigenvalue weighted by atomic mass is 9.89. The Hall–Kier alpha value is -2.63. The van der Waals surface area contributed by atoms with E-state index < -0.39 is 0 Å². The molecule has 0 bridgehead atoms. The first-order chi connectivity index (χ1) is 15.0. The third kappa shape index (κ3) is 5.35. The number of nitrogens with one attached hydrogen (secondary N) is 1. The molecule has 168 valence electrons. The predicted molar refractivity (Wildman–Crippen MR) is 124 cm³/mol. The van der Waals surface area contributed by atoms with Crippen LogP contribution in [0.1, 0.15) is 69.5 Å². The summed E-state index contributed by atoms with van der Waals surface area (Å²) in [4.78, 5) is 21.8. The highest BCUT2D eigenvalue weighted by Crippen LogP contribution is 2.37. The highest BCUT2D eigenvalue weighted by Gasteiger charge is 2.21.